The normalized spacial score (nSPS) is 10.5. The number of halogens is 2. The maximum absolute atomic E-state index is 11.8. The van der Waals surface area contributed by atoms with Crippen LogP contribution in [0.15, 0.2) is 12.1 Å². The zero-order chi connectivity index (χ0) is 14.3. The van der Waals surface area contributed by atoms with Crippen molar-refractivity contribution in [3.05, 3.63) is 22.2 Å². The first-order valence-electron chi connectivity index (χ1n) is 5.47. The predicted octanol–water partition coefficient (Wildman–Crippen LogP) is 1.73. The number of pyridine rings is 1. The van der Waals surface area contributed by atoms with Crippen molar-refractivity contribution in [1.29, 1.82) is 0 Å². The fraction of sp³-hybridized carbons (Fsp3) is 0.500. The van der Waals surface area contributed by atoms with Crippen LogP contribution in [0.1, 0.15) is 0 Å². The molecular weight excluding hydrogens is 262 g/mol. The zero-order valence-electron chi connectivity index (χ0n) is 10.2. The first kappa shape index (κ1) is 15.0. The van der Waals surface area contributed by atoms with Crippen LogP contribution in [0, 0.1) is 10.1 Å². The molecule has 0 bridgehead atoms. The molecule has 2 N–H and O–H groups in total. The van der Waals surface area contributed by atoms with Crippen LogP contribution in [0.3, 0.4) is 0 Å². The van der Waals surface area contributed by atoms with Crippen molar-refractivity contribution in [3.8, 4) is 0 Å². The van der Waals surface area contributed by atoms with Crippen LogP contribution >= 0.6 is 0 Å². The highest BCUT2D eigenvalue weighted by atomic mass is 19.3. The Labute approximate surface area is 108 Å². The van der Waals surface area contributed by atoms with Gasteiger partial charge in [0.1, 0.15) is 18.2 Å². The molecule has 0 amide bonds. The van der Waals surface area contributed by atoms with Crippen molar-refractivity contribution in [2.75, 3.05) is 37.4 Å². The van der Waals surface area contributed by atoms with Gasteiger partial charge in [-0.1, -0.05) is 0 Å². The standard InChI is InChI=1S/C10H14F2N4O3/c1-13-9-4-7(16(17)18)5-10(15-9)14-2-3-19-6-8(11)12/h4-5,8H,2-3,6H2,1H3,(H2,13,14,15). The molecule has 0 aromatic carbocycles. The number of nitrogens with zero attached hydrogens (tertiary/aromatic N) is 2. The molecule has 0 saturated carbocycles. The maximum atomic E-state index is 11.8. The highest BCUT2D eigenvalue weighted by Gasteiger charge is 2.10. The summed E-state index contributed by atoms with van der Waals surface area (Å²) in [6.07, 6.45) is -2.51. The molecule has 106 valence electrons. The highest BCUT2D eigenvalue weighted by Crippen LogP contribution is 2.19. The molecule has 9 heteroatoms. The molecule has 0 radical (unpaired) electrons. The summed E-state index contributed by atoms with van der Waals surface area (Å²) in [6.45, 7) is -0.348. The van der Waals surface area contributed by atoms with Gasteiger partial charge in [-0.2, -0.15) is 0 Å². The van der Waals surface area contributed by atoms with Gasteiger partial charge < -0.3 is 15.4 Å². The average Bonchev–Trinajstić information content (AvgIpc) is 2.37. The SMILES string of the molecule is CNc1cc([N+](=O)[O-])cc(NCCOCC(F)F)n1. The third-order valence-electron chi connectivity index (χ3n) is 2.07. The molecule has 1 aromatic rings. The lowest BCUT2D eigenvalue weighted by Crippen LogP contribution is -2.14. The Balaban J connectivity index is 2.53. The molecular formula is C10H14F2N4O3. The second kappa shape index (κ2) is 7.41. The van der Waals surface area contributed by atoms with E-state index in [1.807, 2.05) is 0 Å². The third-order valence-corrected chi connectivity index (χ3v) is 2.07. The van der Waals surface area contributed by atoms with Crippen molar-refractivity contribution < 1.29 is 18.4 Å². The number of ether oxygens (including phenoxy) is 1. The monoisotopic (exact) mass is 276 g/mol. The number of anilines is 2. The highest BCUT2D eigenvalue weighted by molar-refractivity contribution is 5.54. The summed E-state index contributed by atoms with van der Waals surface area (Å²) in [5.74, 6) is 0.615. The minimum absolute atomic E-state index is 0.0591. The van der Waals surface area contributed by atoms with Crippen LogP contribution < -0.4 is 10.6 Å². The van der Waals surface area contributed by atoms with E-state index < -0.39 is 18.0 Å². The van der Waals surface area contributed by atoms with Gasteiger partial charge in [0.2, 0.25) is 0 Å². The number of rotatable bonds is 8. The lowest BCUT2D eigenvalue weighted by atomic mass is 10.3. The number of nitro groups is 1. The molecule has 0 saturated heterocycles. The first-order valence-corrected chi connectivity index (χ1v) is 5.47. The van der Waals surface area contributed by atoms with E-state index in [1.54, 1.807) is 7.05 Å². The van der Waals surface area contributed by atoms with E-state index in [0.717, 1.165) is 0 Å². The molecule has 0 aliphatic rings. The Morgan fingerprint density at radius 3 is 2.74 bits per heavy atom. The fourth-order valence-electron chi connectivity index (χ4n) is 1.26. The van der Waals surface area contributed by atoms with Crippen molar-refractivity contribution in [3.63, 3.8) is 0 Å². The summed E-state index contributed by atoms with van der Waals surface area (Å²) in [5.41, 5.74) is -0.115. The summed E-state index contributed by atoms with van der Waals surface area (Å²) in [4.78, 5) is 14.2. The average molecular weight is 276 g/mol. The van der Waals surface area contributed by atoms with Gasteiger partial charge >= 0.3 is 0 Å². The van der Waals surface area contributed by atoms with Crippen molar-refractivity contribution in [2.45, 2.75) is 6.43 Å². The van der Waals surface area contributed by atoms with Crippen LogP contribution in [0.25, 0.3) is 0 Å². The second-order valence-corrected chi connectivity index (χ2v) is 3.50. The Hall–Kier alpha value is -2.03. The molecule has 0 spiro atoms. The quantitative estimate of drug-likeness (QED) is 0.427. The van der Waals surface area contributed by atoms with Crippen LogP contribution in [-0.4, -0.2) is 43.1 Å². The van der Waals surface area contributed by atoms with Gasteiger partial charge in [-0.3, -0.25) is 10.1 Å². The van der Waals surface area contributed by atoms with Crippen LogP contribution in [0.4, 0.5) is 26.1 Å². The van der Waals surface area contributed by atoms with Crippen LogP contribution in [-0.2, 0) is 4.74 Å². The minimum Gasteiger partial charge on any atom is -0.374 e. The lowest BCUT2D eigenvalue weighted by molar-refractivity contribution is -0.384. The Morgan fingerprint density at radius 1 is 1.47 bits per heavy atom. The van der Waals surface area contributed by atoms with Gasteiger partial charge in [-0.05, 0) is 0 Å². The fourth-order valence-corrected chi connectivity index (χ4v) is 1.26. The summed E-state index contributed by atoms with van der Waals surface area (Å²) < 4.78 is 28.2. The van der Waals surface area contributed by atoms with E-state index in [-0.39, 0.29) is 24.7 Å². The predicted molar refractivity (Wildman–Crippen MR) is 65.8 cm³/mol. The van der Waals surface area contributed by atoms with E-state index in [9.17, 15) is 18.9 Å². The topological polar surface area (TPSA) is 89.3 Å². The van der Waals surface area contributed by atoms with E-state index in [1.165, 1.54) is 12.1 Å². The summed E-state index contributed by atoms with van der Waals surface area (Å²) in [5, 5.41) is 16.1. The van der Waals surface area contributed by atoms with Crippen molar-refractivity contribution in [2.24, 2.45) is 0 Å². The Kier molecular flexibility index (Phi) is 5.86. The summed E-state index contributed by atoms with van der Waals surface area (Å²) >= 11 is 0. The first-order chi connectivity index (χ1) is 9.02. The molecule has 7 nitrogen and oxygen atoms in total. The van der Waals surface area contributed by atoms with E-state index >= 15 is 0 Å². The molecule has 0 unspecified atom stereocenters. The Morgan fingerprint density at radius 2 is 2.16 bits per heavy atom. The van der Waals surface area contributed by atoms with Gasteiger partial charge in [-0.25, -0.2) is 13.8 Å². The number of hydrogen-bond acceptors (Lipinski definition) is 6. The minimum atomic E-state index is -2.51. The van der Waals surface area contributed by atoms with Crippen LogP contribution in [0.5, 0.6) is 0 Å². The molecule has 1 heterocycles. The van der Waals surface area contributed by atoms with E-state index in [2.05, 4.69) is 20.4 Å². The summed E-state index contributed by atoms with van der Waals surface area (Å²) in [7, 11) is 1.58. The summed E-state index contributed by atoms with van der Waals surface area (Å²) in [6, 6.07) is 2.55. The molecule has 1 aromatic heterocycles. The van der Waals surface area contributed by atoms with Gasteiger partial charge in [-0.15, -0.1) is 0 Å². The van der Waals surface area contributed by atoms with Gasteiger partial charge in [0, 0.05) is 13.6 Å². The molecule has 0 aliphatic carbocycles. The van der Waals surface area contributed by atoms with Gasteiger partial charge in [0.05, 0.1) is 23.7 Å². The molecule has 1 rings (SSSR count). The van der Waals surface area contributed by atoms with E-state index in [4.69, 9.17) is 0 Å². The second-order valence-electron chi connectivity index (χ2n) is 3.50. The number of aromatic nitrogens is 1. The largest absolute Gasteiger partial charge is 0.374 e. The van der Waals surface area contributed by atoms with Gasteiger partial charge in [0.25, 0.3) is 12.1 Å². The Bertz CT molecular complexity index is 431. The van der Waals surface area contributed by atoms with Crippen molar-refractivity contribution >= 4 is 17.3 Å². The molecule has 0 fully saturated rings. The van der Waals surface area contributed by atoms with Crippen LogP contribution in [0.2, 0.25) is 0 Å². The van der Waals surface area contributed by atoms with E-state index in [0.29, 0.717) is 5.82 Å². The van der Waals surface area contributed by atoms with Crippen molar-refractivity contribution in [1.82, 2.24) is 4.98 Å². The molecule has 0 aliphatic heterocycles. The number of hydrogen-bond donors (Lipinski definition) is 2. The van der Waals surface area contributed by atoms with Gasteiger partial charge in [0.15, 0.2) is 0 Å². The molecule has 19 heavy (non-hydrogen) atoms. The number of nitrogens with one attached hydrogen (secondary N) is 2. The maximum Gasteiger partial charge on any atom is 0.276 e. The smallest absolute Gasteiger partial charge is 0.276 e. The zero-order valence-corrected chi connectivity index (χ0v) is 10.2. The lowest BCUT2D eigenvalue weighted by Gasteiger charge is -2.08. The molecule has 0 atom stereocenters. The number of alkyl halides is 2. The third kappa shape index (κ3) is 5.42.